The summed E-state index contributed by atoms with van der Waals surface area (Å²) in [6.45, 7) is 8.26. The van der Waals surface area contributed by atoms with Crippen LogP contribution in [-0.2, 0) is 0 Å². The van der Waals surface area contributed by atoms with Crippen molar-refractivity contribution in [1.82, 2.24) is 0 Å². The van der Waals surface area contributed by atoms with Crippen LogP contribution in [0.2, 0.25) is 0 Å². The fourth-order valence-corrected chi connectivity index (χ4v) is 1.31. The zero-order valence-electron chi connectivity index (χ0n) is 6.78. The van der Waals surface area contributed by atoms with Crippen LogP contribution in [-0.4, -0.2) is 0 Å². The summed E-state index contributed by atoms with van der Waals surface area (Å²) < 4.78 is 0. The van der Waals surface area contributed by atoms with E-state index in [1.54, 1.807) is 0 Å². The number of hydrogen-bond acceptors (Lipinski definition) is 0. The molecule has 0 atom stereocenters. The predicted octanol–water partition coefficient (Wildman–Crippen LogP) is 3.23. The Hall–Kier alpha value is -0.780. The molecule has 1 aliphatic carbocycles. The van der Waals surface area contributed by atoms with Crippen LogP contribution in [0.5, 0.6) is 0 Å². The fraction of sp³-hybridized carbons (Fsp3) is 0.400. The van der Waals surface area contributed by atoms with E-state index in [-0.39, 0.29) is 0 Å². The molecule has 0 saturated carbocycles. The summed E-state index contributed by atoms with van der Waals surface area (Å²) in [4.78, 5) is 0. The SMILES string of the molecule is C=C1C=C(C)CC(CC)=C1. The van der Waals surface area contributed by atoms with E-state index in [0.717, 1.165) is 18.4 Å². The van der Waals surface area contributed by atoms with Crippen molar-refractivity contribution in [2.45, 2.75) is 26.7 Å². The van der Waals surface area contributed by atoms with Gasteiger partial charge in [-0.1, -0.05) is 36.8 Å². The number of rotatable bonds is 1. The van der Waals surface area contributed by atoms with Gasteiger partial charge in [-0.25, -0.2) is 0 Å². The molecule has 1 aliphatic rings. The van der Waals surface area contributed by atoms with Crippen molar-refractivity contribution in [1.29, 1.82) is 0 Å². The van der Waals surface area contributed by atoms with Gasteiger partial charge in [0.2, 0.25) is 0 Å². The van der Waals surface area contributed by atoms with Gasteiger partial charge in [-0.3, -0.25) is 0 Å². The highest BCUT2D eigenvalue weighted by Gasteiger charge is 2.02. The average molecular weight is 134 g/mol. The van der Waals surface area contributed by atoms with E-state index in [9.17, 15) is 0 Å². The second-order valence-corrected chi connectivity index (χ2v) is 2.90. The summed E-state index contributed by atoms with van der Waals surface area (Å²) >= 11 is 0. The minimum Gasteiger partial charge on any atom is -0.0918 e. The van der Waals surface area contributed by atoms with E-state index in [0.29, 0.717) is 0 Å². The smallest absolute Gasteiger partial charge is 0.0105 e. The molecule has 0 aromatic rings. The van der Waals surface area contributed by atoms with Gasteiger partial charge in [-0.15, -0.1) is 0 Å². The minimum atomic E-state index is 1.15. The molecule has 0 radical (unpaired) electrons. The summed E-state index contributed by atoms with van der Waals surface area (Å²) in [5, 5.41) is 0. The second-order valence-electron chi connectivity index (χ2n) is 2.90. The topological polar surface area (TPSA) is 0 Å². The molecule has 0 N–H and O–H groups in total. The van der Waals surface area contributed by atoms with Gasteiger partial charge < -0.3 is 0 Å². The van der Waals surface area contributed by atoms with Crippen molar-refractivity contribution in [2.75, 3.05) is 0 Å². The molecule has 0 amide bonds. The maximum absolute atomic E-state index is 3.91. The maximum atomic E-state index is 3.91. The summed E-state index contributed by atoms with van der Waals surface area (Å²) in [5.74, 6) is 0. The monoisotopic (exact) mass is 134 g/mol. The van der Waals surface area contributed by atoms with Crippen LogP contribution in [0.1, 0.15) is 26.7 Å². The molecule has 0 unspecified atom stereocenters. The first-order valence-electron chi connectivity index (χ1n) is 3.78. The van der Waals surface area contributed by atoms with E-state index < -0.39 is 0 Å². The molecule has 10 heavy (non-hydrogen) atoms. The summed E-state index contributed by atoms with van der Waals surface area (Å²) in [6, 6.07) is 0. The standard InChI is InChI=1S/C10H14/c1-4-10-6-8(2)5-9(3)7-10/h5-6H,2,4,7H2,1,3H3. The highest BCUT2D eigenvalue weighted by Crippen LogP contribution is 2.22. The molecule has 0 aromatic heterocycles. The van der Waals surface area contributed by atoms with Gasteiger partial charge in [0.05, 0.1) is 0 Å². The first-order valence-corrected chi connectivity index (χ1v) is 3.78. The first-order chi connectivity index (χ1) is 4.72. The summed E-state index contributed by atoms with van der Waals surface area (Å²) in [6.07, 6.45) is 6.64. The van der Waals surface area contributed by atoms with Crippen LogP contribution in [0.15, 0.2) is 35.5 Å². The van der Waals surface area contributed by atoms with Crippen LogP contribution in [0.25, 0.3) is 0 Å². The molecule has 0 aromatic carbocycles. The van der Waals surface area contributed by atoms with Gasteiger partial charge in [0.15, 0.2) is 0 Å². The molecule has 0 aliphatic heterocycles. The lowest BCUT2D eigenvalue weighted by atomic mass is 9.95. The van der Waals surface area contributed by atoms with Crippen LogP contribution < -0.4 is 0 Å². The Morgan fingerprint density at radius 3 is 2.70 bits per heavy atom. The van der Waals surface area contributed by atoms with Gasteiger partial charge >= 0.3 is 0 Å². The Bertz CT molecular complexity index is 204. The van der Waals surface area contributed by atoms with Gasteiger partial charge in [0, 0.05) is 0 Å². The highest BCUT2D eigenvalue weighted by atomic mass is 14.1. The van der Waals surface area contributed by atoms with Crippen LogP contribution in [0, 0.1) is 0 Å². The number of allylic oxidation sites excluding steroid dienone is 5. The number of hydrogen-bond donors (Lipinski definition) is 0. The van der Waals surface area contributed by atoms with E-state index in [4.69, 9.17) is 0 Å². The van der Waals surface area contributed by atoms with E-state index in [2.05, 4.69) is 32.6 Å². The molecule has 1 rings (SSSR count). The zero-order valence-corrected chi connectivity index (χ0v) is 6.78. The average Bonchev–Trinajstić information content (AvgIpc) is 1.85. The molecule has 0 nitrogen and oxygen atoms in total. The van der Waals surface area contributed by atoms with Gasteiger partial charge in [-0.05, 0) is 25.3 Å². The first kappa shape index (κ1) is 7.33. The minimum absolute atomic E-state index is 1.15. The molecule has 0 fully saturated rings. The van der Waals surface area contributed by atoms with Gasteiger partial charge in [0.25, 0.3) is 0 Å². The van der Waals surface area contributed by atoms with E-state index in [1.807, 2.05) is 0 Å². The maximum Gasteiger partial charge on any atom is -0.0105 e. The highest BCUT2D eigenvalue weighted by molar-refractivity contribution is 5.39. The third-order valence-corrected chi connectivity index (χ3v) is 1.78. The lowest BCUT2D eigenvalue weighted by Gasteiger charge is -2.11. The van der Waals surface area contributed by atoms with E-state index in [1.165, 1.54) is 11.1 Å². The van der Waals surface area contributed by atoms with Crippen molar-refractivity contribution in [2.24, 2.45) is 0 Å². The molecule has 0 heteroatoms. The lowest BCUT2D eigenvalue weighted by Crippen LogP contribution is -1.91. The molecule has 0 heterocycles. The van der Waals surface area contributed by atoms with Gasteiger partial charge in [-0.2, -0.15) is 0 Å². The summed E-state index contributed by atoms with van der Waals surface area (Å²) in [5.41, 5.74) is 4.09. The quantitative estimate of drug-likeness (QED) is 0.516. The molecule has 0 spiro atoms. The molecule has 0 saturated heterocycles. The third kappa shape index (κ3) is 1.60. The van der Waals surface area contributed by atoms with Crippen molar-refractivity contribution in [3.05, 3.63) is 35.5 Å². The van der Waals surface area contributed by atoms with Crippen LogP contribution in [0.4, 0.5) is 0 Å². The largest absolute Gasteiger partial charge is 0.0918 e. The van der Waals surface area contributed by atoms with Crippen LogP contribution in [0.3, 0.4) is 0 Å². The normalized spacial score (nSPS) is 18.4. The molecule has 54 valence electrons. The summed E-state index contributed by atoms with van der Waals surface area (Å²) in [7, 11) is 0. The van der Waals surface area contributed by atoms with E-state index >= 15 is 0 Å². The van der Waals surface area contributed by atoms with Crippen molar-refractivity contribution in [3.8, 4) is 0 Å². The molecular weight excluding hydrogens is 120 g/mol. The van der Waals surface area contributed by atoms with Crippen molar-refractivity contribution in [3.63, 3.8) is 0 Å². The van der Waals surface area contributed by atoms with Crippen molar-refractivity contribution < 1.29 is 0 Å². The Morgan fingerprint density at radius 2 is 2.20 bits per heavy atom. The van der Waals surface area contributed by atoms with Crippen molar-refractivity contribution >= 4 is 0 Å². The lowest BCUT2D eigenvalue weighted by molar-refractivity contribution is 0.973. The van der Waals surface area contributed by atoms with Crippen LogP contribution >= 0.6 is 0 Å². The zero-order chi connectivity index (χ0) is 7.56. The third-order valence-electron chi connectivity index (χ3n) is 1.78. The Labute approximate surface area is 62.9 Å². The second kappa shape index (κ2) is 2.87. The molecule has 0 bridgehead atoms. The Kier molecular flexibility index (Phi) is 2.10. The Morgan fingerprint density at radius 1 is 1.50 bits per heavy atom. The Balaban J connectivity index is 2.75. The molecular formula is C10H14. The fourth-order valence-electron chi connectivity index (χ4n) is 1.31. The van der Waals surface area contributed by atoms with Gasteiger partial charge in [0.1, 0.15) is 0 Å². The predicted molar refractivity (Wildman–Crippen MR) is 45.9 cm³/mol.